The second kappa shape index (κ2) is 5.73. The van der Waals surface area contributed by atoms with E-state index in [-0.39, 0.29) is 16.7 Å². The molecule has 3 aromatic rings. The number of hydroxylamine groups is 2. The zero-order valence-electron chi connectivity index (χ0n) is 13.5. The summed E-state index contributed by atoms with van der Waals surface area (Å²) in [6.07, 6.45) is 0. The molecule has 2 aromatic carbocycles. The van der Waals surface area contributed by atoms with Gasteiger partial charge in [0, 0.05) is 11.5 Å². The average Bonchev–Trinajstić information content (AvgIpc) is 2.86. The Morgan fingerprint density at radius 2 is 1.69 bits per heavy atom. The number of benzene rings is 2. The van der Waals surface area contributed by atoms with Crippen LogP contribution in [0.4, 0.5) is 4.39 Å². The normalized spacial score (nSPS) is 13.2. The third-order valence-corrected chi connectivity index (χ3v) is 4.12. The summed E-state index contributed by atoms with van der Waals surface area (Å²) in [4.78, 5) is 46.3. The Morgan fingerprint density at radius 3 is 2.35 bits per heavy atom. The highest BCUT2D eigenvalue weighted by atomic mass is 19.1. The Kier molecular flexibility index (Phi) is 3.50. The first kappa shape index (κ1) is 15.9. The van der Waals surface area contributed by atoms with Crippen molar-refractivity contribution in [1.82, 2.24) is 10.0 Å². The molecule has 1 aliphatic rings. The van der Waals surface area contributed by atoms with Crippen molar-refractivity contribution in [2.24, 2.45) is 0 Å². The maximum Gasteiger partial charge on any atom is 0.365 e. The van der Waals surface area contributed by atoms with Crippen LogP contribution in [0.5, 0.6) is 0 Å². The van der Waals surface area contributed by atoms with E-state index in [1.807, 2.05) is 0 Å². The molecule has 0 unspecified atom stereocenters. The number of rotatable bonds is 2. The number of carbonyl (C=O) groups is 3. The molecule has 2 amide bonds. The minimum Gasteiger partial charge on any atom is -0.324 e. The van der Waals surface area contributed by atoms with E-state index in [4.69, 9.17) is 4.84 Å². The average molecular weight is 350 g/mol. The predicted octanol–water partition coefficient (Wildman–Crippen LogP) is 3.05. The van der Waals surface area contributed by atoms with E-state index in [1.165, 1.54) is 36.4 Å². The maximum absolute atomic E-state index is 13.3. The number of amides is 2. The van der Waals surface area contributed by atoms with Gasteiger partial charge in [0.15, 0.2) is 0 Å². The molecule has 0 N–H and O–H groups in total. The summed E-state index contributed by atoms with van der Waals surface area (Å²) in [5, 5.41) is 0.979. The molecule has 128 valence electrons. The summed E-state index contributed by atoms with van der Waals surface area (Å²) in [5.74, 6) is -2.73. The second-order valence-electron chi connectivity index (χ2n) is 5.79. The van der Waals surface area contributed by atoms with Gasteiger partial charge in [-0.25, -0.2) is 9.18 Å². The molecule has 7 heteroatoms. The third-order valence-electron chi connectivity index (χ3n) is 4.12. The molecule has 2 heterocycles. The van der Waals surface area contributed by atoms with Crippen LogP contribution in [0, 0.1) is 12.7 Å². The largest absolute Gasteiger partial charge is 0.365 e. The molecule has 0 radical (unpaired) electrons. The van der Waals surface area contributed by atoms with E-state index in [2.05, 4.69) is 4.98 Å². The highest BCUT2D eigenvalue weighted by Crippen LogP contribution is 2.24. The zero-order valence-corrected chi connectivity index (χ0v) is 13.5. The fourth-order valence-electron chi connectivity index (χ4n) is 2.83. The van der Waals surface area contributed by atoms with Crippen molar-refractivity contribution in [3.8, 4) is 0 Å². The van der Waals surface area contributed by atoms with Gasteiger partial charge in [-0.2, -0.15) is 0 Å². The van der Waals surface area contributed by atoms with E-state index in [0.717, 1.165) is 0 Å². The lowest BCUT2D eigenvalue weighted by Crippen LogP contribution is -2.33. The van der Waals surface area contributed by atoms with Crippen LogP contribution in [0.15, 0.2) is 48.5 Å². The summed E-state index contributed by atoms with van der Waals surface area (Å²) in [7, 11) is 0. The van der Waals surface area contributed by atoms with Crippen LogP contribution in [0.2, 0.25) is 0 Å². The number of fused-ring (bicyclic) bond motifs is 2. The summed E-state index contributed by atoms with van der Waals surface area (Å²) < 4.78 is 13.3. The van der Waals surface area contributed by atoms with Crippen LogP contribution in [0.3, 0.4) is 0 Å². The summed E-state index contributed by atoms with van der Waals surface area (Å²) >= 11 is 0. The predicted molar refractivity (Wildman–Crippen MR) is 88.8 cm³/mol. The van der Waals surface area contributed by atoms with Gasteiger partial charge in [0.25, 0.3) is 11.8 Å². The van der Waals surface area contributed by atoms with Crippen molar-refractivity contribution >= 4 is 28.7 Å². The van der Waals surface area contributed by atoms with Gasteiger partial charge in [0.2, 0.25) is 0 Å². The highest BCUT2D eigenvalue weighted by molar-refractivity contribution is 6.21. The third kappa shape index (κ3) is 2.41. The second-order valence-corrected chi connectivity index (χ2v) is 5.79. The molecule has 0 bridgehead atoms. The molecule has 4 rings (SSSR count). The van der Waals surface area contributed by atoms with Crippen LogP contribution in [-0.4, -0.2) is 27.8 Å². The monoisotopic (exact) mass is 350 g/mol. The Morgan fingerprint density at radius 1 is 1.04 bits per heavy atom. The molecule has 6 nitrogen and oxygen atoms in total. The van der Waals surface area contributed by atoms with Crippen molar-refractivity contribution < 1.29 is 23.6 Å². The molecule has 0 saturated carbocycles. The van der Waals surface area contributed by atoms with Gasteiger partial charge in [-0.05, 0) is 37.3 Å². The first-order chi connectivity index (χ1) is 12.5. The first-order valence-electron chi connectivity index (χ1n) is 7.73. The molecule has 26 heavy (non-hydrogen) atoms. The van der Waals surface area contributed by atoms with E-state index in [1.54, 1.807) is 19.1 Å². The number of aromatic nitrogens is 1. The van der Waals surface area contributed by atoms with E-state index < -0.39 is 23.6 Å². The minimum atomic E-state index is -0.893. The van der Waals surface area contributed by atoms with Gasteiger partial charge < -0.3 is 4.84 Å². The topological polar surface area (TPSA) is 76.6 Å². The van der Waals surface area contributed by atoms with Crippen molar-refractivity contribution in [3.05, 3.63) is 76.7 Å². The lowest BCUT2D eigenvalue weighted by atomic mass is 10.1. The van der Waals surface area contributed by atoms with Gasteiger partial charge in [-0.3, -0.25) is 14.6 Å². The quantitative estimate of drug-likeness (QED) is 0.664. The molecular weight excluding hydrogens is 339 g/mol. The molecule has 0 spiro atoms. The number of hydrogen-bond acceptors (Lipinski definition) is 5. The molecule has 0 fully saturated rings. The van der Waals surface area contributed by atoms with Gasteiger partial charge in [0.05, 0.1) is 27.9 Å². The molecule has 0 saturated heterocycles. The van der Waals surface area contributed by atoms with Crippen molar-refractivity contribution in [2.45, 2.75) is 6.92 Å². The molecular formula is C19H11FN2O4. The number of halogens is 1. The van der Waals surface area contributed by atoms with Gasteiger partial charge >= 0.3 is 5.97 Å². The molecule has 1 aromatic heterocycles. The summed E-state index contributed by atoms with van der Waals surface area (Å²) in [5.41, 5.74) is 1.12. The van der Waals surface area contributed by atoms with E-state index in [0.29, 0.717) is 21.7 Å². The van der Waals surface area contributed by atoms with Crippen LogP contribution in [0.1, 0.15) is 36.8 Å². The number of pyridine rings is 1. The Hall–Kier alpha value is -3.61. The number of nitrogens with zero attached hydrogens (tertiary/aromatic N) is 2. The maximum atomic E-state index is 13.3. The molecule has 1 aliphatic heterocycles. The Labute approximate surface area is 146 Å². The molecule has 0 aliphatic carbocycles. The van der Waals surface area contributed by atoms with Crippen molar-refractivity contribution in [1.29, 1.82) is 0 Å². The van der Waals surface area contributed by atoms with Crippen LogP contribution in [0.25, 0.3) is 10.9 Å². The lowest BCUT2D eigenvalue weighted by molar-refractivity contribution is -0.0585. The number of imide groups is 1. The standard InChI is InChI=1S/C19H11FN2O4/c1-10-15(8-11-6-7-12(20)9-16(11)21-10)19(25)26-22-17(23)13-4-2-3-5-14(13)18(22)24/h2-9H,1H3. The number of carbonyl (C=O) groups excluding carboxylic acids is 3. The molecule has 0 atom stereocenters. The lowest BCUT2D eigenvalue weighted by Gasteiger charge is -2.14. The fraction of sp³-hybridized carbons (Fsp3) is 0.0526. The summed E-state index contributed by atoms with van der Waals surface area (Å²) in [6.45, 7) is 1.56. The van der Waals surface area contributed by atoms with Crippen molar-refractivity contribution in [2.75, 3.05) is 0 Å². The highest BCUT2D eigenvalue weighted by Gasteiger charge is 2.39. The SMILES string of the molecule is Cc1nc2cc(F)ccc2cc1C(=O)ON1C(=O)c2ccccc2C1=O. The van der Waals surface area contributed by atoms with Gasteiger partial charge in [-0.15, -0.1) is 0 Å². The fourth-order valence-corrected chi connectivity index (χ4v) is 2.83. The number of aryl methyl sites for hydroxylation is 1. The zero-order chi connectivity index (χ0) is 18.4. The van der Waals surface area contributed by atoms with Gasteiger partial charge in [-0.1, -0.05) is 17.2 Å². The van der Waals surface area contributed by atoms with Crippen LogP contribution < -0.4 is 0 Å². The van der Waals surface area contributed by atoms with E-state index >= 15 is 0 Å². The Bertz CT molecular complexity index is 1070. The van der Waals surface area contributed by atoms with Gasteiger partial charge in [0.1, 0.15) is 5.82 Å². The smallest absolute Gasteiger partial charge is 0.324 e. The van der Waals surface area contributed by atoms with E-state index in [9.17, 15) is 18.8 Å². The minimum absolute atomic E-state index is 0.0839. The van der Waals surface area contributed by atoms with Crippen LogP contribution in [-0.2, 0) is 4.84 Å². The summed E-state index contributed by atoms with van der Waals surface area (Å²) in [6, 6.07) is 11.7. The Balaban J connectivity index is 1.66. The number of hydrogen-bond donors (Lipinski definition) is 0. The first-order valence-corrected chi connectivity index (χ1v) is 7.73. The van der Waals surface area contributed by atoms with Crippen LogP contribution >= 0.6 is 0 Å². The van der Waals surface area contributed by atoms with Crippen molar-refractivity contribution in [3.63, 3.8) is 0 Å².